The van der Waals surface area contributed by atoms with E-state index in [1.165, 1.54) is 0 Å². The van der Waals surface area contributed by atoms with Gasteiger partial charge in [0, 0.05) is 5.69 Å². The van der Waals surface area contributed by atoms with Crippen molar-refractivity contribution >= 4 is 17.0 Å². The van der Waals surface area contributed by atoms with Gasteiger partial charge in [-0.25, -0.2) is 0 Å². The van der Waals surface area contributed by atoms with E-state index in [9.17, 15) is 0 Å². The van der Waals surface area contributed by atoms with E-state index in [4.69, 9.17) is 9.26 Å². The van der Waals surface area contributed by atoms with Gasteiger partial charge in [0.2, 0.25) is 11.7 Å². The maximum absolute atomic E-state index is 5.33. The van der Waals surface area contributed by atoms with E-state index in [1.807, 2.05) is 48.7 Å². The maximum atomic E-state index is 5.33. The average molecular weight is 301 g/mol. The number of nitrogens with one attached hydrogen (secondary N) is 1. The Morgan fingerprint density at radius 2 is 2.05 bits per heavy atom. The summed E-state index contributed by atoms with van der Waals surface area (Å²) in [5.74, 6) is 2.02. The molecular weight excluding hydrogens is 286 g/mol. The third kappa shape index (κ3) is 3.05. The minimum absolute atomic E-state index is 0.0698. The van der Waals surface area contributed by atoms with Gasteiger partial charge in [-0.15, -0.1) is 11.3 Å². The zero-order chi connectivity index (χ0) is 14.7. The summed E-state index contributed by atoms with van der Waals surface area (Å²) in [5.41, 5.74) is 0.971. The SMILES string of the molecule is COc1ccc(N[C@H](C)c2nc(-c3cccs3)no2)cc1. The van der Waals surface area contributed by atoms with Crippen LogP contribution >= 0.6 is 11.3 Å². The van der Waals surface area contributed by atoms with E-state index in [0.717, 1.165) is 16.3 Å². The molecule has 3 rings (SSSR count). The van der Waals surface area contributed by atoms with Crippen LogP contribution in [0.2, 0.25) is 0 Å². The minimum atomic E-state index is -0.0698. The number of hydrogen-bond donors (Lipinski definition) is 1. The first-order valence-electron chi connectivity index (χ1n) is 6.54. The normalized spacial score (nSPS) is 12.1. The van der Waals surface area contributed by atoms with Crippen LogP contribution in [-0.2, 0) is 0 Å². The van der Waals surface area contributed by atoms with Gasteiger partial charge in [0.1, 0.15) is 11.8 Å². The molecule has 2 aromatic heterocycles. The number of nitrogens with zero attached hydrogens (tertiary/aromatic N) is 2. The third-order valence-electron chi connectivity index (χ3n) is 3.03. The monoisotopic (exact) mass is 301 g/mol. The van der Waals surface area contributed by atoms with Crippen molar-refractivity contribution < 1.29 is 9.26 Å². The number of benzene rings is 1. The van der Waals surface area contributed by atoms with E-state index in [1.54, 1.807) is 18.4 Å². The van der Waals surface area contributed by atoms with Crippen molar-refractivity contribution in [3.8, 4) is 16.5 Å². The second-order valence-corrected chi connectivity index (χ2v) is 5.48. The smallest absolute Gasteiger partial charge is 0.249 e. The Morgan fingerprint density at radius 1 is 1.24 bits per heavy atom. The van der Waals surface area contributed by atoms with Gasteiger partial charge in [0.15, 0.2) is 0 Å². The number of rotatable bonds is 5. The average Bonchev–Trinajstić information content (AvgIpc) is 3.19. The van der Waals surface area contributed by atoms with E-state index >= 15 is 0 Å². The van der Waals surface area contributed by atoms with Gasteiger partial charge >= 0.3 is 0 Å². The largest absolute Gasteiger partial charge is 0.497 e. The predicted octanol–water partition coefficient (Wildman–Crippen LogP) is 3.98. The Morgan fingerprint density at radius 3 is 2.71 bits per heavy atom. The Hall–Kier alpha value is -2.34. The van der Waals surface area contributed by atoms with Gasteiger partial charge in [0.05, 0.1) is 12.0 Å². The fraction of sp³-hybridized carbons (Fsp3) is 0.200. The van der Waals surface area contributed by atoms with Gasteiger partial charge in [0.25, 0.3) is 0 Å². The summed E-state index contributed by atoms with van der Waals surface area (Å²) in [7, 11) is 1.65. The van der Waals surface area contributed by atoms with Crippen molar-refractivity contribution in [1.29, 1.82) is 0 Å². The van der Waals surface area contributed by atoms with E-state index in [-0.39, 0.29) is 6.04 Å². The molecule has 0 aliphatic carbocycles. The van der Waals surface area contributed by atoms with Crippen LogP contribution in [0, 0.1) is 0 Å². The zero-order valence-electron chi connectivity index (χ0n) is 11.7. The molecular formula is C15H15N3O2S. The highest BCUT2D eigenvalue weighted by Gasteiger charge is 2.15. The molecule has 0 radical (unpaired) electrons. The summed E-state index contributed by atoms with van der Waals surface area (Å²) in [5, 5.41) is 9.32. The number of thiophene rings is 1. The van der Waals surface area contributed by atoms with Gasteiger partial charge in [-0.1, -0.05) is 11.2 Å². The second kappa shape index (κ2) is 5.97. The molecule has 0 bridgehead atoms. The lowest BCUT2D eigenvalue weighted by Gasteiger charge is -2.11. The van der Waals surface area contributed by atoms with Crippen LogP contribution in [0.15, 0.2) is 46.3 Å². The molecule has 0 unspecified atom stereocenters. The molecule has 0 fully saturated rings. The van der Waals surface area contributed by atoms with Crippen LogP contribution in [-0.4, -0.2) is 17.3 Å². The lowest BCUT2D eigenvalue weighted by atomic mass is 10.2. The number of hydrogen-bond acceptors (Lipinski definition) is 6. The highest BCUT2D eigenvalue weighted by molar-refractivity contribution is 7.13. The van der Waals surface area contributed by atoms with Crippen molar-refractivity contribution in [2.45, 2.75) is 13.0 Å². The summed E-state index contributed by atoms with van der Waals surface area (Å²) in [4.78, 5) is 5.43. The van der Waals surface area contributed by atoms with Crippen LogP contribution in [0.1, 0.15) is 18.9 Å². The third-order valence-corrected chi connectivity index (χ3v) is 3.89. The number of methoxy groups -OCH3 is 1. The number of anilines is 1. The number of aromatic nitrogens is 2. The van der Waals surface area contributed by atoms with Crippen molar-refractivity contribution in [1.82, 2.24) is 10.1 Å². The summed E-state index contributed by atoms with van der Waals surface area (Å²) in [6.45, 7) is 1.98. The molecule has 21 heavy (non-hydrogen) atoms. The zero-order valence-corrected chi connectivity index (χ0v) is 12.6. The van der Waals surface area contributed by atoms with E-state index in [0.29, 0.717) is 11.7 Å². The van der Waals surface area contributed by atoms with E-state index in [2.05, 4.69) is 15.5 Å². The lowest BCUT2D eigenvalue weighted by Crippen LogP contribution is -2.06. The summed E-state index contributed by atoms with van der Waals surface area (Å²) in [6, 6.07) is 11.6. The molecule has 1 atom stereocenters. The highest BCUT2D eigenvalue weighted by Crippen LogP contribution is 2.25. The van der Waals surface area contributed by atoms with Gasteiger partial charge in [-0.2, -0.15) is 4.98 Å². The maximum Gasteiger partial charge on any atom is 0.249 e. The second-order valence-electron chi connectivity index (χ2n) is 4.53. The predicted molar refractivity (Wildman–Crippen MR) is 82.6 cm³/mol. The highest BCUT2D eigenvalue weighted by atomic mass is 32.1. The molecule has 108 valence electrons. The van der Waals surface area contributed by atoms with Crippen LogP contribution < -0.4 is 10.1 Å². The number of ether oxygens (including phenoxy) is 1. The molecule has 0 amide bonds. The van der Waals surface area contributed by atoms with Gasteiger partial charge in [-0.3, -0.25) is 0 Å². The molecule has 0 saturated heterocycles. The van der Waals surface area contributed by atoms with Crippen LogP contribution in [0.25, 0.3) is 10.7 Å². The van der Waals surface area contributed by atoms with Gasteiger partial charge < -0.3 is 14.6 Å². The standard InChI is InChI=1S/C15H15N3O2S/c1-10(16-11-5-7-12(19-2)8-6-11)15-17-14(18-20-15)13-4-3-9-21-13/h3-10,16H,1-2H3/t10-/m1/s1. The lowest BCUT2D eigenvalue weighted by molar-refractivity contribution is 0.368. The quantitative estimate of drug-likeness (QED) is 0.772. The van der Waals surface area contributed by atoms with Gasteiger partial charge in [-0.05, 0) is 42.6 Å². The molecule has 6 heteroatoms. The fourth-order valence-electron chi connectivity index (χ4n) is 1.92. The first-order valence-corrected chi connectivity index (χ1v) is 7.42. The van der Waals surface area contributed by atoms with Crippen molar-refractivity contribution in [3.05, 3.63) is 47.7 Å². The summed E-state index contributed by atoms with van der Waals surface area (Å²) in [6.07, 6.45) is 0. The molecule has 0 spiro atoms. The van der Waals surface area contributed by atoms with Crippen LogP contribution in [0.4, 0.5) is 5.69 Å². The minimum Gasteiger partial charge on any atom is -0.497 e. The van der Waals surface area contributed by atoms with Crippen molar-refractivity contribution in [2.75, 3.05) is 12.4 Å². The van der Waals surface area contributed by atoms with Crippen LogP contribution in [0.5, 0.6) is 5.75 Å². The van der Waals surface area contributed by atoms with Crippen molar-refractivity contribution in [2.24, 2.45) is 0 Å². The first kappa shape index (κ1) is 13.6. The molecule has 0 aliphatic rings. The Balaban J connectivity index is 1.71. The molecule has 3 aromatic rings. The molecule has 5 nitrogen and oxygen atoms in total. The fourth-order valence-corrected chi connectivity index (χ4v) is 2.57. The van der Waals surface area contributed by atoms with Crippen LogP contribution in [0.3, 0.4) is 0 Å². The Labute approximate surface area is 126 Å². The molecule has 0 aliphatic heterocycles. The first-order chi connectivity index (χ1) is 10.3. The summed E-state index contributed by atoms with van der Waals surface area (Å²) >= 11 is 1.59. The Bertz CT molecular complexity index is 692. The molecule has 0 saturated carbocycles. The van der Waals surface area contributed by atoms with Crippen molar-refractivity contribution in [3.63, 3.8) is 0 Å². The molecule has 1 aromatic carbocycles. The summed E-state index contributed by atoms with van der Waals surface area (Å²) < 4.78 is 10.5. The van der Waals surface area contributed by atoms with E-state index < -0.39 is 0 Å². The Kier molecular flexibility index (Phi) is 3.87. The molecule has 1 N–H and O–H groups in total. The topological polar surface area (TPSA) is 60.2 Å². The molecule has 2 heterocycles.